The van der Waals surface area contributed by atoms with E-state index in [4.69, 9.17) is 0 Å². The van der Waals surface area contributed by atoms with Gasteiger partial charge in [0.25, 0.3) is 0 Å². The molecule has 1 N–H and O–H groups in total. The molecule has 16 heavy (non-hydrogen) atoms. The number of carbonyl (C=O) groups excluding carboxylic acids is 1. The van der Waals surface area contributed by atoms with Crippen molar-refractivity contribution in [3.63, 3.8) is 0 Å². The van der Waals surface area contributed by atoms with E-state index in [0.29, 0.717) is 6.04 Å². The predicted molar refractivity (Wildman–Crippen MR) is 64.3 cm³/mol. The molecular formula is C12H23N3O. The Kier molecular flexibility index (Phi) is 3.82. The maximum absolute atomic E-state index is 11.8. The van der Waals surface area contributed by atoms with E-state index < -0.39 is 0 Å². The van der Waals surface area contributed by atoms with Crippen LogP contribution >= 0.6 is 0 Å². The fourth-order valence-electron chi connectivity index (χ4n) is 3.00. The van der Waals surface area contributed by atoms with E-state index in [1.54, 1.807) is 7.05 Å². The zero-order chi connectivity index (χ0) is 11.5. The SMILES string of the molecule is CNC(=O)[C@@H]1CCCN1C1CCN(C)CC1. The van der Waals surface area contributed by atoms with E-state index in [2.05, 4.69) is 22.2 Å². The Bertz CT molecular complexity index is 249. The van der Waals surface area contributed by atoms with Gasteiger partial charge in [-0.2, -0.15) is 0 Å². The number of likely N-dealkylation sites (N-methyl/N-ethyl adjacent to an activating group) is 1. The Morgan fingerprint density at radius 1 is 1.19 bits per heavy atom. The molecule has 4 nitrogen and oxygen atoms in total. The molecule has 0 bridgehead atoms. The maximum atomic E-state index is 11.8. The first-order valence-corrected chi connectivity index (χ1v) is 6.38. The molecule has 0 saturated carbocycles. The average Bonchev–Trinajstić information content (AvgIpc) is 2.78. The van der Waals surface area contributed by atoms with Crippen molar-refractivity contribution in [2.75, 3.05) is 33.7 Å². The Balaban J connectivity index is 1.94. The van der Waals surface area contributed by atoms with Crippen molar-refractivity contribution in [1.82, 2.24) is 15.1 Å². The van der Waals surface area contributed by atoms with Crippen molar-refractivity contribution in [3.8, 4) is 0 Å². The summed E-state index contributed by atoms with van der Waals surface area (Å²) in [6.07, 6.45) is 4.63. The maximum Gasteiger partial charge on any atom is 0.237 e. The molecule has 92 valence electrons. The summed E-state index contributed by atoms with van der Waals surface area (Å²) in [4.78, 5) is 16.6. The molecule has 2 aliphatic heterocycles. The largest absolute Gasteiger partial charge is 0.358 e. The van der Waals surface area contributed by atoms with Gasteiger partial charge in [0.05, 0.1) is 6.04 Å². The number of hydrogen-bond donors (Lipinski definition) is 1. The third-order valence-corrected chi connectivity index (χ3v) is 4.00. The highest BCUT2D eigenvalue weighted by molar-refractivity contribution is 5.81. The highest BCUT2D eigenvalue weighted by Crippen LogP contribution is 2.25. The Hall–Kier alpha value is -0.610. The molecule has 1 atom stereocenters. The van der Waals surface area contributed by atoms with E-state index in [1.165, 1.54) is 32.4 Å². The molecule has 0 aromatic rings. The summed E-state index contributed by atoms with van der Waals surface area (Å²) >= 11 is 0. The van der Waals surface area contributed by atoms with Gasteiger partial charge in [-0.05, 0) is 52.4 Å². The summed E-state index contributed by atoms with van der Waals surface area (Å²) in [5.41, 5.74) is 0. The monoisotopic (exact) mass is 225 g/mol. The van der Waals surface area contributed by atoms with Gasteiger partial charge in [0.2, 0.25) is 5.91 Å². The molecule has 2 fully saturated rings. The van der Waals surface area contributed by atoms with Crippen LogP contribution < -0.4 is 5.32 Å². The lowest BCUT2D eigenvalue weighted by Gasteiger charge is -2.37. The number of amides is 1. The second-order valence-corrected chi connectivity index (χ2v) is 5.04. The van der Waals surface area contributed by atoms with E-state index in [9.17, 15) is 4.79 Å². The smallest absolute Gasteiger partial charge is 0.237 e. The Labute approximate surface area is 98.0 Å². The number of nitrogens with one attached hydrogen (secondary N) is 1. The zero-order valence-electron chi connectivity index (χ0n) is 10.4. The van der Waals surface area contributed by atoms with Crippen molar-refractivity contribution >= 4 is 5.91 Å². The summed E-state index contributed by atoms with van der Waals surface area (Å²) in [7, 11) is 3.92. The van der Waals surface area contributed by atoms with Crippen LogP contribution in [0.2, 0.25) is 0 Å². The van der Waals surface area contributed by atoms with Gasteiger partial charge in [0.15, 0.2) is 0 Å². The van der Waals surface area contributed by atoms with Crippen molar-refractivity contribution in [2.24, 2.45) is 0 Å². The van der Waals surface area contributed by atoms with Crippen molar-refractivity contribution in [3.05, 3.63) is 0 Å². The minimum atomic E-state index is 0.137. The molecule has 4 heteroatoms. The molecule has 1 amide bonds. The molecule has 0 spiro atoms. The molecule has 2 aliphatic rings. The molecule has 0 aliphatic carbocycles. The van der Waals surface area contributed by atoms with Crippen molar-refractivity contribution in [2.45, 2.75) is 37.8 Å². The molecular weight excluding hydrogens is 202 g/mol. The van der Waals surface area contributed by atoms with Crippen LogP contribution in [0.15, 0.2) is 0 Å². The molecule has 0 aromatic carbocycles. The van der Waals surface area contributed by atoms with Gasteiger partial charge >= 0.3 is 0 Å². The van der Waals surface area contributed by atoms with Crippen LogP contribution in [0, 0.1) is 0 Å². The van der Waals surface area contributed by atoms with Crippen molar-refractivity contribution < 1.29 is 4.79 Å². The van der Waals surface area contributed by atoms with E-state index in [0.717, 1.165) is 13.0 Å². The minimum absolute atomic E-state index is 0.137. The number of likely N-dealkylation sites (tertiary alicyclic amines) is 2. The van der Waals surface area contributed by atoms with Crippen LogP contribution in [0.4, 0.5) is 0 Å². The third-order valence-electron chi connectivity index (χ3n) is 4.00. The van der Waals surface area contributed by atoms with Gasteiger partial charge < -0.3 is 10.2 Å². The van der Waals surface area contributed by atoms with Gasteiger partial charge in [-0.1, -0.05) is 0 Å². The topological polar surface area (TPSA) is 35.6 Å². The average molecular weight is 225 g/mol. The van der Waals surface area contributed by atoms with E-state index in [-0.39, 0.29) is 11.9 Å². The standard InChI is InChI=1S/C12H23N3O/c1-13-12(16)11-4-3-7-15(11)10-5-8-14(2)9-6-10/h10-11H,3-9H2,1-2H3,(H,13,16)/t11-/m0/s1. The fraction of sp³-hybridized carbons (Fsp3) is 0.917. The van der Waals surface area contributed by atoms with Gasteiger partial charge in [0, 0.05) is 13.1 Å². The fourth-order valence-corrected chi connectivity index (χ4v) is 3.00. The van der Waals surface area contributed by atoms with E-state index in [1.807, 2.05) is 0 Å². The second-order valence-electron chi connectivity index (χ2n) is 5.04. The number of piperidine rings is 1. The summed E-state index contributed by atoms with van der Waals surface area (Å²) in [6.45, 7) is 3.44. The predicted octanol–water partition coefficient (Wildman–Crippen LogP) is 0.291. The quantitative estimate of drug-likeness (QED) is 0.734. The third kappa shape index (κ3) is 2.38. The van der Waals surface area contributed by atoms with Crippen LogP contribution in [-0.2, 0) is 4.79 Å². The minimum Gasteiger partial charge on any atom is -0.358 e. The summed E-state index contributed by atoms with van der Waals surface area (Å²) < 4.78 is 0. The lowest BCUT2D eigenvalue weighted by molar-refractivity contribution is -0.126. The number of carbonyl (C=O) groups is 1. The van der Waals surface area contributed by atoms with Crippen LogP contribution in [-0.4, -0.2) is 61.5 Å². The van der Waals surface area contributed by atoms with Gasteiger partial charge in [-0.15, -0.1) is 0 Å². The lowest BCUT2D eigenvalue weighted by Crippen LogP contribution is -2.50. The zero-order valence-corrected chi connectivity index (χ0v) is 10.4. The van der Waals surface area contributed by atoms with Gasteiger partial charge in [-0.25, -0.2) is 0 Å². The van der Waals surface area contributed by atoms with Gasteiger partial charge in [-0.3, -0.25) is 9.69 Å². The van der Waals surface area contributed by atoms with Crippen LogP contribution in [0.5, 0.6) is 0 Å². The molecule has 2 heterocycles. The first kappa shape index (κ1) is 11.9. The number of nitrogens with zero attached hydrogens (tertiary/aromatic N) is 2. The summed E-state index contributed by atoms with van der Waals surface area (Å²) in [5, 5.41) is 2.79. The number of rotatable bonds is 2. The van der Waals surface area contributed by atoms with Crippen LogP contribution in [0.25, 0.3) is 0 Å². The molecule has 0 aromatic heterocycles. The molecule has 2 rings (SSSR count). The first-order valence-electron chi connectivity index (χ1n) is 6.38. The molecule has 0 unspecified atom stereocenters. The highest BCUT2D eigenvalue weighted by atomic mass is 16.2. The summed E-state index contributed by atoms with van der Waals surface area (Å²) in [6, 6.07) is 0.763. The second kappa shape index (κ2) is 5.15. The Morgan fingerprint density at radius 3 is 2.50 bits per heavy atom. The van der Waals surface area contributed by atoms with E-state index >= 15 is 0 Å². The molecule has 0 radical (unpaired) electrons. The summed E-state index contributed by atoms with van der Waals surface area (Å²) in [5.74, 6) is 0.205. The number of hydrogen-bond acceptors (Lipinski definition) is 3. The first-order chi connectivity index (χ1) is 7.72. The van der Waals surface area contributed by atoms with Crippen LogP contribution in [0.1, 0.15) is 25.7 Å². The van der Waals surface area contributed by atoms with Crippen molar-refractivity contribution in [1.29, 1.82) is 0 Å². The normalized spacial score (nSPS) is 29.5. The lowest BCUT2D eigenvalue weighted by atomic mass is 10.0. The van der Waals surface area contributed by atoms with Gasteiger partial charge in [0.1, 0.15) is 0 Å². The Morgan fingerprint density at radius 2 is 1.88 bits per heavy atom. The molecule has 2 saturated heterocycles. The highest BCUT2D eigenvalue weighted by Gasteiger charge is 2.35. The van der Waals surface area contributed by atoms with Crippen LogP contribution in [0.3, 0.4) is 0 Å².